The van der Waals surface area contributed by atoms with E-state index in [9.17, 15) is 8.42 Å². The zero-order valence-electron chi connectivity index (χ0n) is 19.0. The van der Waals surface area contributed by atoms with Crippen molar-refractivity contribution >= 4 is 46.5 Å². The van der Waals surface area contributed by atoms with Crippen molar-refractivity contribution in [1.82, 2.24) is 14.2 Å². The highest BCUT2D eigenvalue weighted by Gasteiger charge is 2.24. The van der Waals surface area contributed by atoms with Gasteiger partial charge in [0.25, 0.3) is 0 Å². The van der Waals surface area contributed by atoms with Crippen LogP contribution in [-0.2, 0) is 14.9 Å². The van der Waals surface area contributed by atoms with Crippen LogP contribution in [0.15, 0.2) is 42.6 Å². The molecular formula is C22H33Cl2N5O3S. The van der Waals surface area contributed by atoms with E-state index >= 15 is 0 Å². The molecular weight excluding hydrogens is 485 g/mol. The summed E-state index contributed by atoms with van der Waals surface area (Å²) in [7, 11) is -3.56. The number of pyridine rings is 1. The van der Waals surface area contributed by atoms with Crippen LogP contribution in [0.1, 0.15) is 13.8 Å². The van der Waals surface area contributed by atoms with E-state index in [4.69, 9.17) is 4.74 Å². The SMILES string of the molecule is CC(C)N1CCN(c2ccc(-c3ccc(NS(=O)(=O)N4CCOCC4)cc3)cn2)CC1.Cl.Cl. The molecule has 0 spiro atoms. The van der Waals surface area contributed by atoms with Crippen LogP contribution in [0.25, 0.3) is 11.1 Å². The molecule has 2 aliphatic heterocycles. The highest BCUT2D eigenvalue weighted by atomic mass is 35.5. The van der Waals surface area contributed by atoms with Crippen LogP contribution < -0.4 is 9.62 Å². The molecule has 184 valence electrons. The van der Waals surface area contributed by atoms with Crippen molar-refractivity contribution in [3.05, 3.63) is 42.6 Å². The number of piperazine rings is 1. The van der Waals surface area contributed by atoms with E-state index in [1.165, 1.54) is 4.31 Å². The maximum Gasteiger partial charge on any atom is 0.301 e. The number of hydrogen-bond acceptors (Lipinski definition) is 6. The standard InChI is InChI=1S/C22H31N5O3S.2ClH/c1-18(2)25-9-11-26(12-10-25)22-8-5-20(17-23-22)19-3-6-21(7-4-19)24-31(28,29)27-13-15-30-16-14-27;;/h3-8,17-18,24H,9-16H2,1-2H3;2*1H. The van der Waals surface area contributed by atoms with E-state index in [0.29, 0.717) is 38.0 Å². The third-order valence-electron chi connectivity index (χ3n) is 5.89. The molecule has 0 unspecified atom stereocenters. The summed E-state index contributed by atoms with van der Waals surface area (Å²) in [5, 5.41) is 0. The number of nitrogens with zero attached hydrogens (tertiary/aromatic N) is 4. The molecule has 0 radical (unpaired) electrons. The van der Waals surface area contributed by atoms with Crippen molar-refractivity contribution in [2.24, 2.45) is 0 Å². The van der Waals surface area contributed by atoms with Crippen molar-refractivity contribution in [2.45, 2.75) is 19.9 Å². The lowest BCUT2D eigenvalue weighted by molar-refractivity contribution is 0.0733. The number of morpholine rings is 1. The molecule has 0 amide bonds. The predicted molar refractivity (Wildman–Crippen MR) is 138 cm³/mol. The second-order valence-corrected chi connectivity index (χ2v) is 9.89. The first-order valence-electron chi connectivity index (χ1n) is 10.8. The average Bonchev–Trinajstić information content (AvgIpc) is 2.80. The number of hydrogen-bond donors (Lipinski definition) is 1. The van der Waals surface area contributed by atoms with Crippen LogP contribution in [-0.4, -0.2) is 81.1 Å². The van der Waals surface area contributed by atoms with Gasteiger partial charge in [0, 0.05) is 62.8 Å². The maximum atomic E-state index is 12.5. The van der Waals surface area contributed by atoms with E-state index in [-0.39, 0.29) is 24.8 Å². The highest BCUT2D eigenvalue weighted by Crippen LogP contribution is 2.24. The Bertz CT molecular complexity index is 961. The van der Waals surface area contributed by atoms with Gasteiger partial charge in [0.2, 0.25) is 0 Å². The lowest BCUT2D eigenvalue weighted by atomic mass is 10.1. The van der Waals surface area contributed by atoms with Crippen molar-refractivity contribution in [3.63, 3.8) is 0 Å². The zero-order valence-corrected chi connectivity index (χ0v) is 21.5. The van der Waals surface area contributed by atoms with Crippen LogP contribution in [0.5, 0.6) is 0 Å². The van der Waals surface area contributed by atoms with Gasteiger partial charge in [-0.2, -0.15) is 12.7 Å². The number of ether oxygens (including phenoxy) is 1. The molecule has 2 aliphatic rings. The molecule has 0 saturated carbocycles. The molecule has 2 aromatic rings. The van der Waals surface area contributed by atoms with Crippen LogP contribution >= 0.6 is 24.8 Å². The summed E-state index contributed by atoms with van der Waals surface area (Å²) in [5.74, 6) is 1.00. The first kappa shape index (κ1) is 27.6. The molecule has 0 atom stereocenters. The van der Waals surface area contributed by atoms with Gasteiger partial charge < -0.3 is 9.64 Å². The lowest BCUT2D eigenvalue weighted by Crippen LogP contribution is -2.49. The molecule has 2 fully saturated rings. The van der Waals surface area contributed by atoms with E-state index in [0.717, 1.165) is 43.1 Å². The minimum atomic E-state index is -3.56. The summed E-state index contributed by atoms with van der Waals surface area (Å²) >= 11 is 0. The molecule has 2 saturated heterocycles. The zero-order chi connectivity index (χ0) is 21.8. The summed E-state index contributed by atoms with van der Waals surface area (Å²) in [5.41, 5.74) is 2.55. The van der Waals surface area contributed by atoms with Gasteiger partial charge in [-0.15, -0.1) is 24.8 Å². The van der Waals surface area contributed by atoms with Gasteiger partial charge in [0.05, 0.1) is 13.2 Å². The van der Waals surface area contributed by atoms with Gasteiger partial charge in [-0.3, -0.25) is 9.62 Å². The lowest BCUT2D eigenvalue weighted by Gasteiger charge is -2.37. The summed E-state index contributed by atoms with van der Waals surface area (Å²) in [6.07, 6.45) is 1.89. The van der Waals surface area contributed by atoms with Gasteiger partial charge in [-0.1, -0.05) is 12.1 Å². The Balaban J connectivity index is 0.00000193. The van der Waals surface area contributed by atoms with Crippen LogP contribution in [0.4, 0.5) is 11.5 Å². The number of rotatable bonds is 6. The van der Waals surface area contributed by atoms with E-state index in [2.05, 4.69) is 45.5 Å². The molecule has 0 bridgehead atoms. The predicted octanol–water partition coefficient (Wildman–Crippen LogP) is 3.11. The van der Waals surface area contributed by atoms with E-state index < -0.39 is 10.2 Å². The first-order valence-corrected chi connectivity index (χ1v) is 12.3. The van der Waals surface area contributed by atoms with Crippen molar-refractivity contribution in [3.8, 4) is 11.1 Å². The normalized spacial score (nSPS) is 17.8. The Kier molecular flexibility index (Phi) is 10.2. The summed E-state index contributed by atoms with van der Waals surface area (Å²) in [6.45, 7) is 10.2. The van der Waals surface area contributed by atoms with Gasteiger partial charge in [0.1, 0.15) is 5.82 Å². The molecule has 3 heterocycles. The molecule has 1 aromatic heterocycles. The average molecular weight is 519 g/mol. The first-order chi connectivity index (χ1) is 14.9. The second kappa shape index (κ2) is 12.2. The highest BCUT2D eigenvalue weighted by molar-refractivity contribution is 7.90. The van der Waals surface area contributed by atoms with Gasteiger partial charge >= 0.3 is 10.2 Å². The smallest absolute Gasteiger partial charge is 0.301 e. The monoisotopic (exact) mass is 517 g/mol. The van der Waals surface area contributed by atoms with Gasteiger partial charge in [-0.25, -0.2) is 4.98 Å². The third kappa shape index (κ3) is 6.94. The van der Waals surface area contributed by atoms with E-state index in [1.54, 1.807) is 12.1 Å². The molecule has 8 nitrogen and oxygen atoms in total. The molecule has 1 aromatic carbocycles. The molecule has 0 aliphatic carbocycles. The molecule has 4 rings (SSSR count). The Morgan fingerprint density at radius 1 is 0.879 bits per heavy atom. The Labute approximate surface area is 209 Å². The molecule has 1 N–H and O–H groups in total. The minimum Gasteiger partial charge on any atom is -0.379 e. The van der Waals surface area contributed by atoms with Crippen molar-refractivity contribution < 1.29 is 13.2 Å². The number of nitrogens with one attached hydrogen (secondary N) is 1. The topological polar surface area (TPSA) is 78.0 Å². The van der Waals surface area contributed by atoms with Gasteiger partial charge in [0.15, 0.2) is 0 Å². The molecule has 33 heavy (non-hydrogen) atoms. The quantitative estimate of drug-likeness (QED) is 0.634. The Hall–Kier alpha value is -1.62. The van der Waals surface area contributed by atoms with Crippen molar-refractivity contribution in [1.29, 1.82) is 0 Å². The Morgan fingerprint density at radius 2 is 1.48 bits per heavy atom. The number of anilines is 2. The fourth-order valence-corrected chi connectivity index (χ4v) is 5.14. The third-order valence-corrected chi connectivity index (χ3v) is 7.43. The summed E-state index contributed by atoms with van der Waals surface area (Å²) in [6, 6.07) is 12.1. The minimum absolute atomic E-state index is 0. The van der Waals surface area contributed by atoms with Crippen molar-refractivity contribution in [2.75, 3.05) is 62.1 Å². The fourth-order valence-electron chi connectivity index (χ4n) is 3.94. The van der Waals surface area contributed by atoms with Crippen LogP contribution in [0.2, 0.25) is 0 Å². The number of benzene rings is 1. The van der Waals surface area contributed by atoms with Crippen LogP contribution in [0.3, 0.4) is 0 Å². The van der Waals surface area contributed by atoms with Gasteiger partial charge in [-0.05, 0) is 43.7 Å². The van der Waals surface area contributed by atoms with E-state index in [1.807, 2.05) is 18.3 Å². The second-order valence-electron chi connectivity index (χ2n) is 8.22. The number of aromatic nitrogens is 1. The number of halogens is 2. The fraction of sp³-hybridized carbons (Fsp3) is 0.500. The summed E-state index contributed by atoms with van der Waals surface area (Å²) in [4.78, 5) is 9.48. The Morgan fingerprint density at radius 3 is 2.03 bits per heavy atom. The summed E-state index contributed by atoms with van der Waals surface area (Å²) < 4.78 is 34.3. The maximum absolute atomic E-state index is 12.5. The van der Waals surface area contributed by atoms with Crippen LogP contribution in [0, 0.1) is 0 Å². The molecule has 11 heteroatoms. The largest absolute Gasteiger partial charge is 0.379 e.